The number of benzene rings is 1. The number of fused-ring (bicyclic) bond motifs is 1. The normalized spacial score (nSPS) is 11.8. The Morgan fingerprint density at radius 2 is 1.91 bits per heavy atom. The van der Waals surface area contributed by atoms with Crippen LogP contribution in [0.5, 0.6) is 5.88 Å². The summed E-state index contributed by atoms with van der Waals surface area (Å²) >= 11 is 0. The first-order valence-corrected chi connectivity index (χ1v) is 11.4. The fraction of sp³-hybridized carbons (Fsp3) is 0.269. The van der Waals surface area contributed by atoms with Crippen LogP contribution in [0.3, 0.4) is 0 Å². The van der Waals surface area contributed by atoms with Crippen molar-refractivity contribution >= 4 is 23.3 Å². The highest BCUT2D eigenvalue weighted by atomic mass is 16.5. The Bertz CT molecular complexity index is 1370. The average molecular weight is 473 g/mol. The van der Waals surface area contributed by atoms with Gasteiger partial charge in [0.15, 0.2) is 11.5 Å². The van der Waals surface area contributed by atoms with Crippen molar-refractivity contribution < 1.29 is 14.3 Å². The van der Waals surface area contributed by atoms with E-state index in [4.69, 9.17) is 4.74 Å². The second-order valence-electron chi connectivity index (χ2n) is 8.35. The maximum Gasteiger partial charge on any atom is 0.256 e. The van der Waals surface area contributed by atoms with Crippen molar-refractivity contribution in [1.29, 1.82) is 0 Å². The Labute approximate surface area is 203 Å². The zero-order chi connectivity index (χ0) is 24.9. The van der Waals surface area contributed by atoms with E-state index in [1.54, 1.807) is 28.9 Å². The summed E-state index contributed by atoms with van der Waals surface area (Å²) in [6.07, 6.45) is 2.42. The molecule has 0 saturated carbocycles. The lowest BCUT2D eigenvalue weighted by Gasteiger charge is -2.13. The van der Waals surface area contributed by atoms with Crippen LogP contribution in [0, 0.1) is 6.92 Å². The summed E-state index contributed by atoms with van der Waals surface area (Å²) in [6.45, 7) is 5.91. The van der Waals surface area contributed by atoms with Crippen LogP contribution < -0.4 is 15.4 Å². The Balaban J connectivity index is 1.54. The molecular formula is C26H28N6O3. The Morgan fingerprint density at radius 1 is 1.14 bits per heavy atom. The van der Waals surface area contributed by atoms with Crippen molar-refractivity contribution in [3.63, 3.8) is 0 Å². The second kappa shape index (κ2) is 10.3. The maximum atomic E-state index is 13.0. The van der Waals surface area contributed by atoms with Gasteiger partial charge in [-0.3, -0.25) is 9.59 Å². The predicted molar refractivity (Wildman–Crippen MR) is 134 cm³/mol. The molecular weight excluding hydrogens is 444 g/mol. The van der Waals surface area contributed by atoms with Crippen molar-refractivity contribution in [2.45, 2.75) is 33.1 Å². The van der Waals surface area contributed by atoms with Crippen molar-refractivity contribution in [2.24, 2.45) is 0 Å². The number of aromatic nitrogens is 4. The van der Waals surface area contributed by atoms with E-state index in [2.05, 4.69) is 44.8 Å². The molecule has 1 atom stereocenters. The van der Waals surface area contributed by atoms with Crippen LogP contribution in [-0.2, 0) is 4.79 Å². The van der Waals surface area contributed by atoms with Gasteiger partial charge in [-0.2, -0.15) is 5.10 Å². The summed E-state index contributed by atoms with van der Waals surface area (Å²) < 4.78 is 6.98. The molecule has 4 rings (SSSR count). The molecule has 0 aliphatic rings. The van der Waals surface area contributed by atoms with Crippen LogP contribution >= 0.6 is 0 Å². The molecule has 0 fully saturated rings. The summed E-state index contributed by atoms with van der Waals surface area (Å²) in [5.74, 6) is 0.559. The van der Waals surface area contributed by atoms with Crippen LogP contribution in [0.25, 0.3) is 16.9 Å². The standard InChI is InChI=1S/C26H28N6O3/c1-16(19-8-6-5-7-9-19)12-13-27-25(34)21-14-20(15-28-26(21)35-4)22-10-11-23-30-24(29-18(3)33)17(2)32(23)31-22/h5-11,14-16H,12-13H2,1-4H3,(H,27,34)(H,29,33). The summed E-state index contributed by atoms with van der Waals surface area (Å²) in [7, 11) is 1.49. The Morgan fingerprint density at radius 3 is 2.63 bits per heavy atom. The molecule has 0 bridgehead atoms. The number of carbonyl (C=O) groups is 2. The van der Waals surface area contributed by atoms with Crippen LogP contribution in [0.4, 0.5) is 5.82 Å². The van der Waals surface area contributed by atoms with E-state index >= 15 is 0 Å². The third-order valence-electron chi connectivity index (χ3n) is 5.81. The smallest absolute Gasteiger partial charge is 0.256 e. The topological polar surface area (TPSA) is 111 Å². The number of hydrogen-bond donors (Lipinski definition) is 2. The molecule has 3 heterocycles. The first-order chi connectivity index (χ1) is 16.9. The van der Waals surface area contributed by atoms with Gasteiger partial charge in [0, 0.05) is 25.2 Å². The lowest BCUT2D eigenvalue weighted by atomic mass is 9.98. The summed E-state index contributed by atoms with van der Waals surface area (Å²) in [4.78, 5) is 33.2. The van der Waals surface area contributed by atoms with Crippen molar-refractivity contribution in [2.75, 3.05) is 19.0 Å². The predicted octanol–water partition coefficient (Wildman–Crippen LogP) is 3.99. The third kappa shape index (κ3) is 5.29. The molecule has 0 saturated heterocycles. The number of pyridine rings is 1. The van der Waals surface area contributed by atoms with E-state index in [-0.39, 0.29) is 17.7 Å². The number of rotatable bonds is 8. The number of carbonyl (C=O) groups excluding carboxylic acids is 2. The monoisotopic (exact) mass is 472 g/mol. The van der Waals surface area contributed by atoms with Gasteiger partial charge in [-0.1, -0.05) is 37.3 Å². The van der Waals surface area contributed by atoms with Crippen LogP contribution in [-0.4, -0.2) is 45.1 Å². The number of nitrogens with zero attached hydrogens (tertiary/aromatic N) is 4. The van der Waals surface area contributed by atoms with E-state index in [0.29, 0.717) is 46.4 Å². The zero-order valence-corrected chi connectivity index (χ0v) is 20.2. The molecule has 3 aromatic heterocycles. The number of amides is 2. The Kier molecular flexibility index (Phi) is 7.05. The van der Waals surface area contributed by atoms with Crippen LogP contribution in [0.1, 0.15) is 47.8 Å². The summed E-state index contributed by atoms with van der Waals surface area (Å²) in [5, 5.41) is 10.3. The van der Waals surface area contributed by atoms with Gasteiger partial charge in [0.05, 0.1) is 18.5 Å². The largest absolute Gasteiger partial charge is 0.480 e. The van der Waals surface area contributed by atoms with E-state index < -0.39 is 0 Å². The van der Waals surface area contributed by atoms with Gasteiger partial charge >= 0.3 is 0 Å². The SMILES string of the molecule is COc1ncc(-c2ccc3nc(NC(C)=O)c(C)n3n2)cc1C(=O)NCCC(C)c1ccccc1. The molecule has 1 unspecified atom stereocenters. The Hall–Kier alpha value is -4.27. The summed E-state index contributed by atoms with van der Waals surface area (Å²) in [6, 6.07) is 15.5. The number of methoxy groups -OCH3 is 1. The van der Waals surface area contributed by atoms with E-state index in [1.807, 2.05) is 25.1 Å². The molecule has 180 valence electrons. The van der Waals surface area contributed by atoms with Gasteiger partial charge in [0.2, 0.25) is 11.8 Å². The van der Waals surface area contributed by atoms with Gasteiger partial charge in [-0.15, -0.1) is 0 Å². The highest BCUT2D eigenvalue weighted by Crippen LogP contribution is 2.25. The van der Waals surface area contributed by atoms with Gasteiger partial charge in [0.25, 0.3) is 5.91 Å². The lowest BCUT2D eigenvalue weighted by Crippen LogP contribution is -2.26. The zero-order valence-electron chi connectivity index (χ0n) is 20.2. The van der Waals surface area contributed by atoms with E-state index in [0.717, 1.165) is 6.42 Å². The first kappa shape index (κ1) is 23.9. The van der Waals surface area contributed by atoms with Gasteiger partial charge in [-0.25, -0.2) is 14.5 Å². The van der Waals surface area contributed by atoms with Gasteiger partial charge in [-0.05, 0) is 43.0 Å². The molecule has 9 heteroatoms. The van der Waals surface area contributed by atoms with E-state index in [1.165, 1.54) is 19.6 Å². The minimum atomic E-state index is -0.260. The maximum absolute atomic E-state index is 13.0. The molecule has 4 aromatic rings. The van der Waals surface area contributed by atoms with Crippen molar-refractivity contribution in [1.82, 2.24) is 24.9 Å². The first-order valence-electron chi connectivity index (χ1n) is 11.4. The van der Waals surface area contributed by atoms with Crippen molar-refractivity contribution in [3.05, 3.63) is 71.5 Å². The van der Waals surface area contributed by atoms with E-state index in [9.17, 15) is 9.59 Å². The molecule has 9 nitrogen and oxygen atoms in total. The highest BCUT2D eigenvalue weighted by molar-refractivity contribution is 5.97. The fourth-order valence-corrected chi connectivity index (χ4v) is 3.85. The third-order valence-corrected chi connectivity index (χ3v) is 5.81. The van der Waals surface area contributed by atoms with Crippen LogP contribution in [0.15, 0.2) is 54.7 Å². The molecule has 35 heavy (non-hydrogen) atoms. The number of imidazole rings is 1. The fourth-order valence-electron chi connectivity index (χ4n) is 3.85. The van der Waals surface area contributed by atoms with Crippen LogP contribution in [0.2, 0.25) is 0 Å². The van der Waals surface area contributed by atoms with Gasteiger partial charge in [0.1, 0.15) is 5.56 Å². The summed E-state index contributed by atoms with van der Waals surface area (Å²) in [5.41, 5.74) is 4.13. The number of nitrogens with one attached hydrogen (secondary N) is 2. The number of aryl methyl sites for hydroxylation is 1. The molecule has 0 spiro atoms. The minimum absolute atomic E-state index is 0.204. The minimum Gasteiger partial charge on any atom is -0.480 e. The quantitative estimate of drug-likeness (QED) is 0.401. The molecule has 1 aromatic carbocycles. The number of ether oxygens (including phenoxy) is 1. The van der Waals surface area contributed by atoms with Gasteiger partial charge < -0.3 is 15.4 Å². The number of hydrogen-bond acceptors (Lipinski definition) is 6. The van der Waals surface area contributed by atoms with Crippen molar-refractivity contribution in [3.8, 4) is 17.1 Å². The molecule has 0 radical (unpaired) electrons. The molecule has 2 amide bonds. The lowest BCUT2D eigenvalue weighted by molar-refractivity contribution is -0.114. The molecule has 0 aliphatic heterocycles. The highest BCUT2D eigenvalue weighted by Gasteiger charge is 2.17. The number of anilines is 1. The molecule has 0 aliphatic carbocycles. The average Bonchev–Trinajstić information content (AvgIpc) is 3.17. The molecule has 2 N–H and O–H groups in total. The second-order valence-corrected chi connectivity index (χ2v) is 8.35.